The number of nitrogens with zero attached hydrogens (tertiary/aromatic N) is 4. The van der Waals surface area contributed by atoms with Gasteiger partial charge in [-0.2, -0.15) is 0 Å². The highest BCUT2D eigenvalue weighted by atomic mass is 16.4. The van der Waals surface area contributed by atoms with E-state index < -0.39 is 0 Å². The maximum absolute atomic E-state index is 6.01. The predicted molar refractivity (Wildman–Crippen MR) is 93.0 cm³/mol. The summed E-state index contributed by atoms with van der Waals surface area (Å²) in [6, 6.07) is 11.6. The van der Waals surface area contributed by atoms with Gasteiger partial charge in [-0.25, -0.2) is 4.98 Å². The number of likely N-dealkylation sites (tertiary alicyclic amines) is 1. The van der Waals surface area contributed by atoms with Gasteiger partial charge in [-0.1, -0.05) is 18.6 Å². The molecule has 1 fully saturated rings. The second kappa shape index (κ2) is 6.42. The summed E-state index contributed by atoms with van der Waals surface area (Å²) >= 11 is 0. The standard InChI is InChI=1S/C19H18N4O3/c1-2-8-15-13(6-1)20-18(25-15)14-7-3-4-10-23(14)12-17-21-22-19(26-17)16-9-5-11-24-16/h1-2,5-6,8-9,11,14H,3-4,7,10,12H2/t14-/m1/s1. The first-order chi connectivity index (χ1) is 12.9. The van der Waals surface area contributed by atoms with E-state index in [0.717, 1.165) is 42.8 Å². The lowest BCUT2D eigenvalue weighted by Crippen LogP contribution is -2.33. The van der Waals surface area contributed by atoms with Gasteiger partial charge in [0.2, 0.25) is 11.8 Å². The van der Waals surface area contributed by atoms with Crippen molar-refractivity contribution in [3.8, 4) is 11.7 Å². The maximum Gasteiger partial charge on any atom is 0.283 e. The van der Waals surface area contributed by atoms with Gasteiger partial charge in [0.05, 0.1) is 18.8 Å². The van der Waals surface area contributed by atoms with Crippen molar-refractivity contribution in [2.24, 2.45) is 0 Å². The van der Waals surface area contributed by atoms with E-state index in [1.807, 2.05) is 24.3 Å². The maximum atomic E-state index is 6.01. The van der Waals surface area contributed by atoms with Crippen LogP contribution in [0.15, 0.2) is 55.9 Å². The molecular weight excluding hydrogens is 332 g/mol. The van der Waals surface area contributed by atoms with Gasteiger partial charge in [-0.15, -0.1) is 10.2 Å². The molecule has 0 spiro atoms. The van der Waals surface area contributed by atoms with Crippen LogP contribution in [0.4, 0.5) is 0 Å². The van der Waals surface area contributed by atoms with Crippen molar-refractivity contribution >= 4 is 11.1 Å². The zero-order valence-corrected chi connectivity index (χ0v) is 14.2. The largest absolute Gasteiger partial charge is 0.459 e. The van der Waals surface area contributed by atoms with Crippen molar-refractivity contribution in [1.29, 1.82) is 0 Å². The van der Waals surface area contributed by atoms with Crippen LogP contribution in [0.25, 0.3) is 22.8 Å². The summed E-state index contributed by atoms with van der Waals surface area (Å²) in [5.41, 5.74) is 1.72. The van der Waals surface area contributed by atoms with E-state index in [-0.39, 0.29) is 6.04 Å². The van der Waals surface area contributed by atoms with Crippen molar-refractivity contribution in [2.75, 3.05) is 6.54 Å². The lowest BCUT2D eigenvalue weighted by molar-refractivity contribution is 0.109. The molecule has 0 aliphatic carbocycles. The molecule has 0 N–H and O–H groups in total. The normalized spacial score (nSPS) is 18.5. The Morgan fingerprint density at radius 2 is 2.00 bits per heavy atom. The summed E-state index contributed by atoms with van der Waals surface area (Å²) in [5, 5.41) is 8.25. The summed E-state index contributed by atoms with van der Waals surface area (Å²) in [6.07, 6.45) is 4.89. The van der Waals surface area contributed by atoms with Crippen LogP contribution in [0, 0.1) is 0 Å². The van der Waals surface area contributed by atoms with Gasteiger partial charge in [-0.05, 0) is 43.7 Å². The fraction of sp³-hybridized carbons (Fsp3) is 0.316. The lowest BCUT2D eigenvalue weighted by Gasteiger charge is -2.32. The first-order valence-electron chi connectivity index (χ1n) is 8.82. The van der Waals surface area contributed by atoms with Crippen molar-refractivity contribution in [1.82, 2.24) is 20.1 Å². The molecule has 1 aliphatic rings. The number of fused-ring (bicyclic) bond motifs is 1. The predicted octanol–water partition coefficient (Wildman–Crippen LogP) is 4.20. The number of aromatic nitrogens is 3. The molecule has 1 aliphatic heterocycles. The van der Waals surface area contributed by atoms with Gasteiger partial charge in [0.25, 0.3) is 5.89 Å². The van der Waals surface area contributed by atoms with E-state index in [9.17, 15) is 0 Å². The number of para-hydroxylation sites is 2. The lowest BCUT2D eigenvalue weighted by atomic mass is 10.0. The second-order valence-electron chi connectivity index (χ2n) is 6.48. The molecule has 0 unspecified atom stereocenters. The Labute approximate surface area is 149 Å². The Kier molecular flexibility index (Phi) is 3.79. The van der Waals surface area contributed by atoms with Crippen molar-refractivity contribution in [3.05, 3.63) is 54.4 Å². The highest BCUT2D eigenvalue weighted by molar-refractivity contribution is 5.72. The van der Waals surface area contributed by atoms with Crippen LogP contribution < -0.4 is 0 Å². The number of furan rings is 1. The summed E-state index contributed by atoms with van der Waals surface area (Å²) in [7, 11) is 0. The molecule has 5 rings (SSSR count). The zero-order valence-electron chi connectivity index (χ0n) is 14.2. The van der Waals surface area contributed by atoms with Crippen LogP contribution in [0.2, 0.25) is 0 Å². The smallest absolute Gasteiger partial charge is 0.283 e. The third-order valence-electron chi connectivity index (χ3n) is 4.75. The van der Waals surface area contributed by atoms with Crippen LogP contribution in [0.3, 0.4) is 0 Å². The molecule has 1 aromatic carbocycles. The van der Waals surface area contributed by atoms with E-state index in [0.29, 0.717) is 24.1 Å². The third-order valence-corrected chi connectivity index (χ3v) is 4.75. The number of oxazole rings is 1. The molecule has 1 atom stereocenters. The topological polar surface area (TPSA) is 81.3 Å². The van der Waals surface area contributed by atoms with Crippen molar-refractivity contribution in [3.63, 3.8) is 0 Å². The summed E-state index contributed by atoms with van der Waals surface area (Å²) in [4.78, 5) is 6.98. The summed E-state index contributed by atoms with van der Waals surface area (Å²) in [5.74, 6) is 2.31. The molecule has 132 valence electrons. The quantitative estimate of drug-likeness (QED) is 0.545. The zero-order chi connectivity index (χ0) is 17.3. The van der Waals surface area contributed by atoms with Crippen molar-refractivity contribution < 1.29 is 13.3 Å². The van der Waals surface area contributed by atoms with Crippen molar-refractivity contribution in [2.45, 2.75) is 31.8 Å². The van der Waals surface area contributed by atoms with Crippen LogP contribution in [-0.2, 0) is 6.54 Å². The van der Waals surface area contributed by atoms with Gasteiger partial charge < -0.3 is 13.3 Å². The van der Waals surface area contributed by atoms with E-state index in [4.69, 9.17) is 13.3 Å². The molecule has 7 heteroatoms. The average Bonchev–Trinajstić information content (AvgIpc) is 3.42. The molecule has 26 heavy (non-hydrogen) atoms. The Bertz CT molecular complexity index is 972. The van der Waals surface area contributed by atoms with Crippen LogP contribution in [0.1, 0.15) is 37.1 Å². The molecule has 4 heterocycles. The van der Waals surface area contributed by atoms with E-state index >= 15 is 0 Å². The fourth-order valence-electron chi connectivity index (χ4n) is 3.48. The number of hydrogen-bond acceptors (Lipinski definition) is 7. The fourth-order valence-corrected chi connectivity index (χ4v) is 3.48. The number of hydrogen-bond donors (Lipinski definition) is 0. The minimum atomic E-state index is 0.120. The highest BCUT2D eigenvalue weighted by Gasteiger charge is 2.29. The van der Waals surface area contributed by atoms with E-state index in [1.165, 1.54) is 0 Å². The van der Waals surface area contributed by atoms with E-state index in [2.05, 4.69) is 20.1 Å². The molecule has 3 aromatic heterocycles. The summed E-state index contributed by atoms with van der Waals surface area (Å²) in [6.45, 7) is 1.51. The number of benzene rings is 1. The second-order valence-corrected chi connectivity index (χ2v) is 6.48. The Morgan fingerprint density at radius 3 is 2.88 bits per heavy atom. The molecule has 0 radical (unpaired) electrons. The van der Waals surface area contributed by atoms with Gasteiger partial charge >= 0.3 is 0 Å². The number of piperidine rings is 1. The van der Waals surface area contributed by atoms with Gasteiger partial charge in [0.1, 0.15) is 5.52 Å². The SMILES string of the molecule is c1coc(-c2nnc(CN3CCCC[C@@H]3c3nc4ccccc4o3)o2)c1. The molecule has 0 bridgehead atoms. The molecule has 0 saturated carbocycles. The molecule has 7 nitrogen and oxygen atoms in total. The Hall–Kier alpha value is -2.93. The molecule has 1 saturated heterocycles. The molecular formula is C19H18N4O3. The number of rotatable bonds is 4. The molecule has 4 aromatic rings. The van der Waals surface area contributed by atoms with Gasteiger partial charge in [0.15, 0.2) is 11.3 Å². The monoisotopic (exact) mass is 350 g/mol. The van der Waals surface area contributed by atoms with Crippen LogP contribution in [-0.4, -0.2) is 26.6 Å². The first kappa shape index (κ1) is 15.3. The minimum absolute atomic E-state index is 0.120. The third kappa shape index (κ3) is 2.80. The Morgan fingerprint density at radius 1 is 1.04 bits per heavy atom. The summed E-state index contributed by atoms with van der Waals surface area (Å²) < 4.78 is 17.1. The van der Waals surface area contributed by atoms with Gasteiger partial charge in [0, 0.05) is 0 Å². The van der Waals surface area contributed by atoms with E-state index in [1.54, 1.807) is 18.4 Å². The molecule has 0 amide bonds. The Balaban J connectivity index is 1.39. The van der Waals surface area contributed by atoms with Crippen LogP contribution >= 0.6 is 0 Å². The minimum Gasteiger partial charge on any atom is -0.459 e. The first-order valence-corrected chi connectivity index (χ1v) is 8.82. The van der Waals surface area contributed by atoms with Gasteiger partial charge in [-0.3, -0.25) is 4.90 Å². The highest BCUT2D eigenvalue weighted by Crippen LogP contribution is 2.33. The van der Waals surface area contributed by atoms with Crippen LogP contribution in [0.5, 0.6) is 0 Å². The average molecular weight is 350 g/mol.